The number of hydrogen-bond acceptors (Lipinski definition) is 0. The van der Waals surface area contributed by atoms with Crippen LogP contribution in [0.4, 0.5) is 0 Å². The third kappa shape index (κ3) is 8.18. The molecule has 0 heterocycles. The van der Waals surface area contributed by atoms with E-state index in [1.54, 1.807) is 0 Å². The van der Waals surface area contributed by atoms with Crippen molar-refractivity contribution in [2.45, 2.75) is 19.8 Å². The molecule has 0 spiro atoms. The zero-order chi connectivity index (χ0) is 7.94. The molecule has 0 atom stereocenters. The molecule has 0 fully saturated rings. The maximum atomic E-state index is 3.12. The van der Waals surface area contributed by atoms with E-state index >= 15 is 0 Å². The second-order valence-electron chi connectivity index (χ2n) is 2.47. The smallest absolute Gasteiger partial charge is 0.358 e. The van der Waals surface area contributed by atoms with Crippen LogP contribution in [0.25, 0.3) is 0 Å². The van der Waals surface area contributed by atoms with Crippen LogP contribution in [0.15, 0.2) is 36.0 Å². The van der Waals surface area contributed by atoms with E-state index in [2.05, 4.69) is 37.3 Å². The summed E-state index contributed by atoms with van der Waals surface area (Å²) >= 11 is 0. The van der Waals surface area contributed by atoms with Crippen molar-refractivity contribution in [3.63, 3.8) is 0 Å². The van der Waals surface area contributed by atoms with Gasteiger partial charge in [-0.15, -0.1) is 12.8 Å². The van der Waals surface area contributed by atoms with Crippen LogP contribution < -0.4 is 0 Å². The van der Waals surface area contributed by atoms with Gasteiger partial charge in [-0.05, 0) is 0 Å². The second kappa shape index (κ2) is 9.93. The molecule has 0 nitrogen and oxygen atoms in total. The molecule has 0 aromatic carbocycles. The normalized spacial score (nSPS) is 15.3. The fourth-order valence-electron chi connectivity index (χ4n) is 0.855. The maximum Gasteiger partial charge on any atom is 3.00 e. The van der Waals surface area contributed by atoms with Crippen LogP contribution in [0.5, 0.6) is 0 Å². The molecule has 0 aromatic rings. The fraction of sp³-hybridized carbons (Fsp3) is 0.250. The van der Waals surface area contributed by atoms with E-state index < -0.39 is 0 Å². The van der Waals surface area contributed by atoms with Gasteiger partial charge in [0.05, 0.1) is 0 Å². The third-order valence-electron chi connectivity index (χ3n) is 1.45. The third-order valence-corrected chi connectivity index (χ3v) is 1.45. The Morgan fingerprint density at radius 3 is 2.15 bits per heavy atom. The van der Waals surface area contributed by atoms with Crippen molar-refractivity contribution in [2.24, 2.45) is 0 Å². The van der Waals surface area contributed by atoms with E-state index in [4.69, 9.17) is 0 Å². The number of allylic oxidation sites excluding steroid dienone is 8. The van der Waals surface area contributed by atoms with Crippen LogP contribution in [0.1, 0.15) is 19.8 Å². The Morgan fingerprint density at radius 2 is 2.00 bits per heavy atom. The molecule has 13 heavy (non-hydrogen) atoms. The quantitative estimate of drug-likeness (QED) is 0.578. The van der Waals surface area contributed by atoms with Crippen LogP contribution in [0.2, 0.25) is 0 Å². The Labute approximate surface area is 101 Å². The summed E-state index contributed by atoms with van der Waals surface area (Å²) < 4.78 is 0. The van der Waals surface area contributed by atoms with E-state index in [0.717, 1.165) is 12.8 Å². The van der Waals surface area contributed by atoms with E-state index in [1.165, 1.54) is 5.57 Å². The Morgan fingerprint density at radius 1 is 1.23 bits per heavy atom. The van der Waals surface area contributed by atoms with Crippen molar-refractivity contribution in [3.8, 4) is 0 Å². The zero-order valence-electron chi connectivity index (χ0n) is 8.30. The van der Waals surface area contributed by atoms with Gasteiger partial charge in [0.1, 0.15) is 0 Å². The van der Waals surface area contributed by atoms with Crippen LogP contribution >= 0.6 is 0 Å². The molecule has 0 amide bonds. The van der Waals surface area contributed by atoms with Crippen molar-refractivity contribution in [2.75, 3.05) is 0 Å². The first-order chi connectivity index (χ1) is 5.39. The summed E-state index contributed by atoms with van der Waals surface area (Å²) in [6, 6.07) is 0. The molecule has 2 aliphatic carbocycles. The SMILES string of the molecule is CC1=[C-]CC=C1.[C-]1=CC=CC1.[CH3-].[Zr+3]. The molecule has 0 bridgehead atoms. The summed E-state index contributed by atoms with van der Waals surface area (Å²) in [5.41, 5.74) is 1.27. The summed E-state index contributed by atoms with van der Waals surface area (Å²) in [7, 11) is 0. The van der Waals surface area contributed by atoms with Crippen LogP contribution in [0, 0.1) is 19.6 Å². The summed E-state index contributed by atoms with van der Waals surface area (Å²) in [5.74, 6) is 0. The summed E-state index contributed by atoms with van der Waals surface area (Å²) in [4.78, 5) is 0. The second-order valence-corrected chi connectivity index (χ2v) is 2.47. The molecule has 0 N–H and O–H groups in total. The van der Waals surface area contributed by atoms with Gasteiger partial charge in [0.25, 0.3) is 0 Å². The van der Waals surface area contributed by atoms with Crippen LogP contribution in [-0.4, -0.2) is 0 Å². The van der Waals surface area contributed by atoms with Crippen molar-refractivity contribution in [1.82, 2.24) is 0 Å². The Bertz CT molecular complexity index is 207. The van der Waals surface area contributed by atoms with Gasteiger partial charge in [0, 0.05) is 0 Å². The molecule has 67 valence electrons. The monoisotopic (exact) mass is 249 g/mol. The molecular formula is C12H15Zr. The predicted octanol–water partition coefficient (Wildman–Crippen LogP) is 3.45. The van der Waals surface area contributed by atoms with Gasteiger partial charge in [-0.2, -0.15) is 12.2 Å². The van der Waals surface area contributed by atoms with Crippen molar-refractivity contribution < 1.29 is 26.2 Å². The van der Waals surface area contributed by atoms with E-state index in [0.29, 0.717) is 0 Å². The zero-order valence-corrected chi connectivity index (χ0v) is 10.8. The summed E-state index contributed by atoms with van der Waals surface area (Å²) in [6.07, 6.45) is 18.3. The molecule has 2 aliphatic rings. The largest absolute Gasteiger partial charge is 3.00 e. The van der Waals surface area contributed by atoms with E-state index in [-0.39, 0.29) is 33.6 Å². The van der Waals surface area contributed by atoms with Crippen LogP contribution in [0.3, 0.4) is 0 Å². The summed E-state index contributed by atoms with van der Waals surface area (Å²) in [6.45, 7) is 2.06. The minimum absolute atomic E-state index is 0. The molecule has 2 rings (SSSR count). The number of rotatable bonds is 0. The standard InChI is InChI=1S/C6H7.C5H5.CH3.Zr/c1-6-4-2-3-5-6;1-2-4-5-3-1;;/h2,4H,3H2,1H3;1-3H,4H2;1H3;/q3*-1;+3. The molecule has 0 unspecified atom stereocenters. The van der Waals surface area contributed by atoms with Gasteiger partial charge >= 0.3 is 26.2 Å². The topological polar surface area (TPSA) is 0 Å². The predicted molar refractivity (Wildman–Crippen MR) is 54.2 cm³/mol. The van der Waals surface area contributed by atoms with Crippen molar-refractivity contribution in [1.29, 1.82) is 0 Å². The van der Waals surface area contributed by atoms with Crippen LogP contribution in [-0.2, 0) is 26.2 Å². The average molecular weight is 250 g/mol. The number of hydrogen-bond donors (Lipinski definition) is 0. The molecule has 0 aromatic heterocycles. The van der Waals surface area contributed by atoms with Gasteiger partial charge < -0.3 is 7.43 Å². The molecule has 1 radical (unpaired) electrons. The first kappa shape index (κ1) is 15.3. The first-order valence-electron chi connectivity index (χ1n) is 3.85. The van der Waals surface area contributed by atoms with Gasteiger partial charge in [-0.3, -0.25) is 12.2 Å². The minimum Gasteiger partial charge on any atom is -0.358 e. The van der Waals surface area contributed by atoms with Gasteiger partial charge in [-0.1, -0.05) is 6.92 Å². The molecule has 1 heteroatoms. The molecular weight excluding hydrogens is 235 g/mol. The maximum absolute atomic E-state index is 3.12. The van der Waals surface area contributed by atoms with Crippen molar-refractivity contribution in [3.05, 3.63) is 55.5 Å². The molecule has 0 saturated carbocycles. The molecule has 0 saturated heterocycles. The van der Waals surface area contributed by atoms with Crippen molar-refractivity contribution >= 4 is 0 Å². The first-order valence-corrected chi connectivity index (χ1v) is 3.85. The fourth-order valence-corrected chi connectivity index (χ4v) is 0.855. The minimum atomic E-state index is 0. The Hall–Kier alpha value is -0.157. The van der Waals surface area contributed by atoms with Gasteiger partial charge in [0.15, 0.2) is 0 Å². The Kier molecular flexibility index (Phi) is 11.7. The van der Waals surface area contributed by atoms with E-state index in [9.17, 15) is 0 Å². The summed E-state index contributed by atoms with van der Waals surface area (Å²) in [5, 5.41) is 0. The Balaban J connectivity index is 0. The molecule has 0 aliphatic heterocycles. The van der Waals surface area contributed by atoms with Gasteiger partial charge in [-0.25, -0.2) is 23.8 Å². The van der Waals surface area contributed by atoms with E-state index in [1.807, 2.05) is 12.2 Å². The van der Waals surface area contributed by atoms with Gasteiger partial charge in [0.2, 0.25) is 0 Å². The average Bonchev–Trinajstić information content (AvgIpc) is 2.57.